The molecule has 0 fully saturated rings. The highest BCUT2D eigenvalue weighted by molar-refractivity contribution is 5.99. The molecule has 2 aromatic rings. The number of ether oxygens (including phenoxy) is 3. The maximum absolute atomic E-state index is 13.3. The van der Waals surface area contributed by atoms with Crippen molar-refractivity contribution in [2.24, 2.45) is 5.92 Å². The van der Waals surface area contributed by atoms with E-state index < -0.39 is 23.9 Å². The van der Waals surface area contributed by atoms with Gasteiger partial charge >= 0.3 is 0 Å². The summed E-state index contributed by atoms with van der Waals surface area (Å²) in [6, 6.07) is 10.8. The Balaban J connectivity index is 1.72. The van der Waals surface area contributed by atoms with Crippen molar-refractivity contribution in [3.8, 4) is 17.2 Å². The first-order chi connectivity index (χ1) is 21.1. The van der Waals surface area contributed by atoms with Crippen LogP contribution >= 0.6 is 0 Å². The number of likely N-dealkylation sites (N-methyl/N-ethyl adjacent to an activating group) is 1. The third-order valence-electron chi connectivity index (χ3n) is 7.28. The minimum absolute atomic E-state index is 0.0475. The lowest BCUT2D eigenvalue weighted by Gasteiger charge is -2.26. The van der Waals surface area contributed by atoms with Crippen molar-refractivity contribution in [3.63, 3.8) is 0 Å². The molecule has 0 saturated heterocycles. The van der Waals surface area contributed by atoms with Crippen LogP contribution in [0.3, 0.4) is 0 Å². The molecule has 240 valence electrons. The van der Waals surface area contributed by atoms with E-state index in [1.54, 1.807) is 38.4 Å². The van der Waals surface area contributed by atoms with Gasteiger partial charge in [0.1, 0.15) is 24.4 Å². The molecule has 2 atom stereocenters. The molecule has 11 nitrogen and oxygen atoms in total. The van der Waals surface area contributed by atoms with Crippen molar-refractivity contribution < 1.29 is 33.4 Å². The number of amides is 4. The van der Waals surface area contributed by atoms with E-state index >= 15 is 0 Å². The third-order valence-corrected chi connectivity index (χ3v) is 7.28. The van der Waals surface area contributed by atoms with Crippen LogP contribution in [0.25, 0.3) is 0 Å². The van der Waals surface area contributed by atoms with Gasteiger partial charge in [-0.15, -0.1) is 0 Å². The van der Waals surface area contributed by atoms with Gasteiger partial charge in [0.05, 0.1) is 25.8 Å². The predicted molar refractivity (Wildman–Crippen MR) is 167 cm³/mol. The molecular weight excluding hydrogens is 564 g/mol. The van der Waals surface area contributed by atoms with E-state index in [1.807, 2.05) is 39.0 Å². The van der Waals surface area contributed by atoms with E-state index in [1.165, 1.54) is 4.90 Å². The second-order valence-corrected chi connectivity index (χ2v) is 11.2. The van der Waals surface area contributed by atoms with Gasteiger partial charge in [-0.3, -0.25) is 19.2 Å². The summed E-state index contributed by atoms with van der Waals surface area (Å²) in [6.45, 7) is 7.20. The number of nitrogens with zero attached hydrogens (tertiary/aromatic N) is 1. The Kier molecular flexibility index (Phi) is 13.3. The quantitative estimate of drug-likeness (QED) is 0.352. The second kappa shape index (κ2) is 17.1. The molecule has 1 aliphatic rings. The molecule has 0 bridgehead atoms. The maximum Gasteiger partial charge on any atom is 0.255 e. The predicted octanol–water partition coefficient (Wildman–Crippen LogP) is 3.10. The Hall–Kier alpha value is -4.28. The normalized spacial score (nSPS) is 18.2. The molecule has 0 unspecified atom stereocenters. The fourth-order valence-electron chi connectivity index (χ4n) is 4.96. The summed E-state index contributed by atoms with van der Waals surface area (Å²) in [5, 5.41) is 8.54. The van der Waals surface area contributed by atoms with Crippen LogP contribution in [0.2, 0.25) is 0 Å². The molecule has 3 N–H and O–H groups in total. The highest BCUT2D eigenvalue weighted by atomic mass is 16.5. The van der Waals surface area contributed by atoms with Crippen LogP contribution in [0.1, 0.15) is 62.4 Å². The number of para-hydroxylation sites is 1. The summed E-state index contributed by atoms with van der Waals surface area (Å²) in [4.78, 5) is 54.3. The number of benzene rings is 2. The van der Waals surface area contributed by atoms with Crippen molar-refractivity contribution in [3.05, 3.63) is 53.6 Å². The molecule has 1 aliphatic heterocycles. The second-order valence-electron chi connectivity index (χ2n) is 11.2. The Labute approximate surface area is 260 Å². The van der Waals surface area contributed by atoms with E-state index in [2.05, 4.69) is 16.0 Å². The van der Waals surface area contributed by atoms with E-state index in [0.29, 0.717) is 49.7 Å². The Bertz CT molecular complexity index is 1280. The first-order valence-corrected chi connectivity index (χ1v) is 15.3. The van der Waals surface area contributed by atoms with Gasteiger partial charge in [0.15, 0.2) is 11.5 Å². The highest BCUT2D eigenvalue weighted by Gasteiger charge is 2.28. The Morgan fingerprint density at radius 1 is 1.11 bits per heavy atom. The van der Waals surface area contributed by atoms with E-state index in [-0.39, 0.29) is 49.3 Å². The SMILES string of the molecule is CCOc1ccc(CCCNC(=O)[C@@H]2CCC(=O)N[C@H](CC(C)C)C(=O)N(C)CCOc3ccccc3C(=O)N2)cc1OC. The number of methoxy groups -OCH3 is 1. The number of carbonyl (C=O) groups is 4. The zero-order chi connectivity index (χ0) is 32.1. The van der Waals surface area contributed by atoms with Gasteiger partial charge < -0.3 is 35.1 Å². The molecule has 1 heterocycles. The third kappa shape index (κ3) is 10.2. The average Bonchev–Trinajstić information content (AvgIpc) is 3.00. The molecule has 44 heavy (non-hydrogen) atoms. The molecule has 4 amide bonds. The van der Waals surface area contributed by atoms with Crippen LogP contribution in [0.4, 0.5) is 0 Å². The number of carbonyl (C=O) groups excluding carboxylic acids is 4. The Morgan fingerprint density at radius 2 is 1.89 bits per heavy atom. The minimum atomic E-state index is -0.973. The Morgan fingerprint density at radius 3 is 2.61 bits per heavy atom. The van der Waals surface area contributed by atoms with E-state index in [9.17, 15) is 19.2 Å². The number of hydrogen-bond donors (Lipinski definition) is 3. The topological polar surface area (TPSA) is 135 Å². The number of fused-ring (bicyclic) bond motifs is 1. The van der Waals surface area contributed by atoms with Crippen molar-refractivity contribution in [2.45, 2.75) is 65.0 Å². The summed E-state index contributed by atoms with van der Waals surface area (Å²) < 4.78 is 16.9. The van der Waals surface area contributed by atoms with Gasteiger partial charge in [-0.2, -0.15) is 0 Å². The summed E-state index contributed by atoms with van der Waals surface area (Å²) >= 11 is 0. The van der Waals surface area contributed by atoms with E-state index in [4.69, 9.17) is 14.2 Å². The van der Waals surface area contributed by atoms with Crippen LogP contribution in [0.5, 0.6) is 17.2 Å². The van der Waals surface area contributed by atoms with Crippen molar-refractivity contribution >= 4 is 23.6 Å². The number of nitrogens with one attached hydrogen (secondary N) is 3. The maximum atomic E-state index is 13.3. The molecule has 3 rings (SSSR count). The molecule has 0 aromatic heterocycles. The number of aryl methyl sites for hydroxylation is 1. The minimum Gasteiger partial charge on any atom is -0.493 e. The monoisotopic (exact) mass is 610 g/mol. The molecule has 0 aliphatic carbocycles. The van der Waals surface area contributed by atoms with E-state index in [0.717, 1.165) is 5.56 Å². The molecule has 11 heteroatoms. The van der Waals surface area contributed by atoms with Gasteiger partial charge in [0.25, 0.3) is 5.91 Å². The lowest BCUT2D eigenvalue weighted by Crippen LogP contribution is -2.50. The molecule has 0 radical (unpaired) electrons. The van der Waals surface area contributed by atoms with Crippen molar-refractivity contribution in [1.82, 2.24) is 20.9 Å². The summed E-state index contributed by atoms with van der Waals surface area (Å²) in [5.41, 5.74) is 1.30. The van der Waals surface area contributed by atoms with Gasteiger partial charge in [0, 0.05) is 20.0 Å². The van der Waals surface area contributed by atoms with Crippen LogP contribution in [-0.2, 0) is 20.8 Å². The van der Waals surface area contributed by atoms with Gasteiger partial charge in [-0.05, 0) is 68.4 Å². The lowest BCUT2D eigenvalue weighted by molar-refractivity contribution is -0.136. The molecule has 0 spiro atoms. The summed E-state index contributed by atoms with van der Waals surface area (Å²) in [7, 11) is 3.25. The fourth-order valence-corrected chi connectivity index (χ4v) is 4.96. The summed E-state index contributed by atoms with van der Waals surface area (Å²) in [5.74, 6) is 0.386. The zero-order valence-electron chi connectivity index (χ0n) is 26.4. The van der Waals surface area contributed by atoms with Gasteiger partial charge in [0.2, 0.25) is 17.7 Å². The zero-order valence-corrected chi connectivity index (χ0v) is 26.4. The summed E-state index contributed by atoms with van der Waals surface area (Å²) in [6.07, 6.45) is 1.81. The van der Waals surface area contributed by atoms with Crippen molar-refractivity contribution in [2.75, 3.05) is 40.5 Å². The van der Waals surface area contributed by atoms with Crippen molar-refractivity contribution in [1.29, 1.82) is 0 Å². The average molecular weight is 611 g/mol. The molecular formula is C33H46N4O7. The van der Waals surface area contributed by atoms with Gasteiger partial charge in [-0.1, -0.05) is 32.0 Å². The molecule has 2 aromatic carbocycles. The largest absolute Gasteiger partial charge is 0.493 e. The smallest absolute Gasteiger partial charge is 0.255 e. The van der Waals surface area contributed by atoms with Gasteiger partial charge in [-0.25, -0.2) is 0 Å². The molecule has 0 saturated carbocycles. The van der Waals surface area contributed by atoms with Crippen LogP contribution in [0, 0.1) is 5.92 Å². The lowest BCUT2D eigenvalue weighted by atomic mass is 10.0. The first kappa shape index (κ1) is 34.2. The van der Waals surface area contributed by atoms with Crippen LogP contribution in [0.15, 0.2) is 42.5 Å². The number of hydrogen-bond acceptors (Lipinski definition) is 7. The highest BCUT2D eigenvalue weighted by Crippen LogP contribution is 2.28. The fraction of sp³-hybridized carbons (Fsp3) is 0.515. The first-order valence-electron chi connectivity index (χ1n) is 15.3. The number of rotatable bonds is 10. The standard InChI is InChI=1S/C33H46N4O7/c1-6-43-28-15-13-23(21-29(28)42-5)10-9-17-34-32(40)25-14-16-30(38)35-26(20-22(2)3)33(41)37(4)18-19-44-27-12-8-7-11-24(27)31(39)36-25/h7-8,11-13,15,21-22,25-26H,6,9-10,14,16-20H2,1-5H3,(H,34,40)(H,35,38)(H,36,39)/t25-,26+/m0/s1. The van der Waals surface area contributed by atoms with Crippen LogP contribution < -0.4 is 30.2 Å². The van der Waals surface area contributed by atoms with Crippen LogP contribution in [-0.4, -0.2) is 81.1 Å².